The summed E-state index contributed by atoms with van der Waals surface area (Å²) in [5, 5.41) is 3.75. The van der Waals surface area contributed by atoms with Gasteiger partial charge in [-0.1, -0.05) is 71.9 Å². The van der Waals surface area contributed by atoms with Crippen LogP contribution in [0.5, 0.6) is 0 Å². The number of hydrogen-bond acceptors (Lipinski definition) is 4. The zero-order chi connectivity index (χ0) is 24.9. The van der Waals surface area contributed by atoms with Gasteiger partial charge in [0.05, 0.1) is 6.54 Å². The first-order valence-electron chi connectivity index (χ1n) is 11.7. The molecule has 0 spiro atoms. The first-order chi connectivity index (χ1) is 17.6. The van der Waals surface area contributed by atoms with Gasteiger partial charge in [-0.05, 0) is 48.4 Å². The molecule has 0 fully saturated rings. The summed E-state index contributed by atoms with van der Waals surface area (Å²) in [6, 6.07) is 26.2. The van der Waals surface area contributed by atoms with Crippen LogP contribution in [-0.2, 0) is 18.8 Å². The van der Waals surface area contributed by atoms with Gasteiger partial charge < -0.3 is 5.32 Å². The standard InChI is InChI=1S/C29H25FN4OS/c1-20-6-4-7-22(16-20)17-32-28(35)23-13-11-21(12-14-23)19-36-29-33-26-10-5-15-31-27(26)34(29)18-24-8-2-3-9-25(24)30/h2-16H,17-19H2,1H3,(H,32,35). The van der Waals surface area contributed by atoms with Gasteiger partial charge in [0.15, 0.2) is 10.8 Å². The summed E-state index contributed by atoms with van der Waals surface area (Å²) in [5.74, 6) is 0.308. The minimum absolute atomic E-state index is 0.103. The first kappa shape index (κ1) is 23.8. The van der Waals surface area contributed by atoms with Crippen LogP contribution in [0.1, 0.15) is 32.6 Å². The maximum atomic E-state index is 14.3. The molecule has 180 valence electrons. The van der Waals surface area contributed by atoms with Crippen molar-refractivity contribution >= 4 is 28.8 Å². The van der Waals surface area contributed by atoms with Gasteiger partial charge in [-0.2, -0.15) is 0 Å². The SMILES string of the molecule is Cc1cccc(CNC(=O)c2ccc(CSc3nc4cccnc4n3Cc3ccccc3F)cc2)c1. The van der Waals surface area contributed by atoms with Crippen molar-refractivity contribution in [3.63, 3.8) is 0 Å². The molecule has 3 aromatic carbocycles. The van der Waals surface area contributed by atoms with Crippen LogP contribution in [-0.4, -0.2) is 20.4 Å². The molecule has 0 bridgehead atoms. The Bertz CT molecular complexity index is 1510. The van der Waals surface area contributed by atoms with E-state index in [1.54, 1.807) is 30.1 Å². The number of hydrogen-bond donors (Lipinski definition) is 1. The maximum Gasteiger partial charge on any atom is 0.251 e. The molecule has 1 N–H and O–H groups in total. The monoisotopic (exact) mass is 496 g/mol. The molecule has 7 heteroatoms. The number of carbonyl (C=O) groups excluding carboxylic acids is 1. The average molecular weight is 497 g/mol. The molecule has 2 aromatic heterocycles. The van der Waals surface area contributed by atoms with Crippen molar-refractivity contribution in [3.05, 3.63) is 125 Å². The van der Waals surface area contributed by atoms with Gasteiger partial charge in [0.1, 0.15) is 11.3 Å². The molecule has 5 aromatic rings. The molecule has 0 aliphatic heterocycles. The number of imidazole rings is 1. The van der Waals surface area contributed by atoms with Crippen LogP contribution in [0, 0.1) is 12.7 Å². The summed E-state index contributed by atoms with van der Waals surface area (Å²) in [5.41, 5.74) is 6.01. The molecule has 0 aliphatic carbocycles. The third-order valence-corrected chi connectivity index (χ3v) is 6.92. The van der Waals surface area contributed by atoms with Crippen molar-refractivity contribution < 1.29 is 9.18 Å². The summed E-state index contributed by atoms with van der Waals surface area (Å²) in [4.78, 5) is 21.8. The smallest absolute Gasteiger partial charge is 0.251 e. The molecular weight excluding hydrogens is 471 g/mol. The number of benzene rings is 3. The highest BCUT2D eigenvalue weighted by atomic mass is 32.2. The lowest BCUT2D eigenvalue weighted by molar-refractivity contribution is 0.0951. The van der Waals surface area contributed by atoms with Gasteiger partial charge in [0, 0.05) is 29.6 Å². The van der Waals surface area contributed by atoms with Gasteiger partial charge in [0.25, 0.3) is 5.91 Å². The van der Waals surface area contributed by atoms with E-state index in [2.05, 4.69) is 16.4 Å². The van der Waals surface area contributed by atoms with Gasteiger partial charge in [-0.15, -0.1) is 0 Å². The minimum Gasteiger partial charge on any atom is -0.348 e. The molecule has 1 amide bonds. The van der Waals surface area contributed by atoms with E-state index >= 15 is 0 Å². The van der Waals surface area contributed by atoms with E-state index in [1.165, 1.54) is 11.6 Å². The second kappa shape index (κ2) is 10.7. The first-order valence-corrected chi connectivity index (χ1v) is 12.7. The molecular formula is C29H25FN4OS. The largest absolute Gasteiger partial charge is 0.348 e. The fourth-order valence-corrected chi connectivity index (χ4v) is 4.95. The lowest BCUT2D eigenvalue weighted by Gasteiger charge is -2.10. The molecule has 0 aliphatic rings. The minimum atomic E-state index is -0.248. The van der Waals surface area contributed by atoms with Crippen molar-refractivity contribution in [2.75, 3.05) is 0 Å². The van der Waals surface area contributed by atoms with Gasteiger partial charge in [-0.3, -0.25) is 9.36 Å². The van der Waals surface area contributed by atoms with Crippen molar-refractivity contribution in [1.29, 1.82) is 0 Å². The molecule has 5 nitrogen and oxygen atoms in total. The number of carbonyl (C=O) groups is 1. The average Bonchev–Trinajstić information content (AvgIpc) is 3.25. The van der Waals surface area contributed by atoms with E-state index in [4.69, 9.17) is 4.98 Å². The topological polar surface area (TPSA) is 59.8 Å². The fourth-order valence-electron chi connectivity index (χ4n) is 3.99. The van der Waals surface area contributed by atoms with Crippen LogP contribution in [0.2, 0.25) is 0 Å². The normalized spacial score (nSPS) is 11.1. The lowest BCUT2D eigenvalue weighted by atomic mass is 10.1. The predicted octanol–water partition coefficient (Wildman–Crippen LogP) is 6.15. The quantitative estimate of drug-likeness (QED) is 0.262. The molecule has 0 radical (unpaired) electrons. The van der Waals surface area contributed by atoms with E-state index in [0.29, 0.717) is 30.0 Å². The van der Waals surface area contributed by atoms with Gasteiger partial charge in [-0.25, -0.2) is 14.4 Å². The number of nitrogens with one attached hydrogen (secondary N) is 1. The number of amides is 1. The third-order valence-electron chi connectivity index (χ3n) is 5.87. The van der Waals surface area contributed by atoms with Crippen LogP contribution >= 0.6 is 11.8 Å². The number of thioether (sulfide) groups is 1. The molecule has 0 saturated carbocycles. The summed E-state index contributed by atoms with van der Waals surface area (Å²) in [6.45, 7) is 2.88. The Kier molecular flexibility index (Phi) is 7.09. The van der Waals surface area contributed by atoms with E-state index < -0.39 is 0 Å². The summed E-state index contributed by atoms with van der Waals surface area (Å²) in [7, 11) is 0. The summed E-state index contributed by atoms with van der Waals surface area (Å²) in [6.07, 6.45) is 1.72. The Hall–Kier alpha value is -3.97. The number of halogens is 1. The Morgan fingerprint density at radius 1 is 0.972 bits per heavy atom. The number of fused-ring (bicyclic) bond motifs is 1. The van der Waals surface area contributed by atoms with Crippen molar-refractivity contribution in [2.24, 2.45) is 0 Å². The lowest BCUT2D eigenvalue weighted by Crippen LogP contribution is -2.22. The molecule has 0 saturated heterocycles. The van der Waals surface area contributed by atoms with Crippen LogP contribution in [0.3, 0.4) is 0 Å². The molecule has 5 rings (SSSR count). The highest BCUT2D eigenvalue weighted by molar-refractivity contribution is 7.98. The highest BCUT2D eigenvalue weighted by Gasteiger charge is 2.15. The van der Waals surface area contributed by atoms with Crippen LogP contribution in [0.4, 0.5) is 4.39 Å². The number of aromatic nitrogens is 3. The number of nitrogens with zero attached hydrogens (tertiary/aromatic N) is 3. The van der Waals surface area contributed by atoms with Gasteiger partial charge in [0.2, 0.25) is 0 Å². The Morgan fingerprint density at radius 2 is 1.81 bits per heavy atom. The Labute approximate surface area is 213 Å². The fraction of sp³-hybridized carbons (Fsp3) is 0.138. The van der Waals surface area contributed by atoms with E-state index in [1.807, 2.05) is 72.2 Å². The number of aryl methyl sites for hydroxylation is 1. The van der Waals surface area contributed by atoms with E-state index in [0.717, 1.165) is 27.4 Å². The number of rotatable bonds is 8. The van der Waals surface area contributed by atoms with Crippen LogP contribution < -0.4 is 5.32 Å². The van der Waals surface area contributed by atoms with Crippen molar-refractivity contribution in [1.82, 2.24) is 19.9 Å². The summed E-state index contributed by atoms with van der Waals surface area (Å²) >= 11 is 1.56. The zero-order valence-corrected chi connectivity index (χ0v) is 20.6. The molecule has 0 unspecified atom stereocenters. The predicted molar refractivity (Wildman–Crippen MR) is 141 cm³/mol. The van der Waals surface area contributed by atoms with E-state index in [-0.39, 0.29) is 11.7 Å². The molecule has 2 heterocycles. The third kappa shape index (κ3) is 5.47. The Morgan fingerprint density at radius 3 is 2.61 bits per heavy atom. The molecule has 0 atom stereocenters. The maximum absolute atomic E-state index is 14.3. The summed E-state index contributed by atoms with van der Waals surface area (Å²) < 4.78 is 16.3. The van der Waals surface area contributed by atoms with Gasteiger partial charge >= 0.3 is 0 Å². The van der Waals surface area contributed by atoms with Crippen LogP contribution in [0.15, 0.2) is 96.3 Å². The van der Waals surface area contributed by atoms with Crippen molar-refractivity contribution in [2.45, 2.75) is 30.9 Å². The van der Waals surface area contributed by atoms with Crippen LogP contribution in [0.25, 0.3) is 11.2 Å². The van der Waals surface area contributed by atoms with E-state index in [9.17, 15) is 9.18 Å². The Balaban J connectivity index is 1.27. The number of pyridine rings is 1. The van der Waals surface area contributed by atoms with Crippen molar-refractivity contribution in [3.8, 4) is 0 Å². The second-order valence-electron chi connectivity index (χ2n) is 8.58. The zero-order valence-electron chi connectivity index (χ0n) is 19.8. The highest BCUT2D eigenvalue weighted by Crippen LogP contribution is 2.27. The second-order valence-corrected chi connectivity index (χ2v) is 9.52. The molecule has 36 heavy (non-hydrogen) atoms.